The Kier molecular flexibility index (Phi) is 3.08. The maximum Gasteiger partial charge on any atom is 0.159 e. The molecule has 0 bridgehead atoms. The van der Waals surface area contributed by atoms with Crippen LogP contribution >= 0.6 is 0 Å². The molecule has 1 aliphatic rings. The van der Waals surface area contributed by atoms with Crippen LogP contribution in [0.15, 0.2) is 30.4 Å². The molecule has 0 nitrogen and oxygen atoms in total. The summed E-state index contributed by atoms with van der Waals surface area (Å²) in [6.07, 6.45) is 8.66. The number of benzene rings is 1. The highest BCUT2D eigenvalue weighted by molar-refractivity contribution is 5.31. The molecule has 1 aliphatic carbocycles. The van der Waals surface area contributed by atoms with Crippen molar-refractivity contribution in [2.45, 2.75) is 38.0 Å². The van der Waals surface area contributed by atoms with Gasteiger partial charge in [0.2, 0.25) is 0 Å². The summed E-state index contributed by atoms with van der Waals surface area (Å²) in [6, 6.07) is 4.23. The largest absolute Gasteiger partial charge is 0.204 e. The minimum absolute atomic E-state index is 0.148. The van der Waals surface area contributed by atoms with E-state index in [9.17, 15) is 8.78 Å². The van der Waals surface area contributed by atoms with E-state index in [1.165, 1.54) is 18.6 Å². The van der Waals surface area contributed by atoms with Crippen molar-refractivity contribution >= 4 is 0 Å². The highest BCUT2D eigenvalue weighted by atomic mass is 19.2. The van der Waals surface area contributed by atoms with E-state index in [1.54, 1.807) is 6.07 Å². The third kappa shape index (κ3) is 2.16. The van der Waals surface area contributed by atoms with E-state index in [4.69, 9.17) is 0 Å². The Morgan fingerprint density at radius 2 is 1.94 bits per heavy atom. The van der Waals surface area contributed by atoms with Gasteiger partial charge in [0.15, 0.2) is 11.6 Å². The van der Waals surface area contributed by atoms with Gasteiger partial charge in [0.05, 0.1) is 0 Å². The van der Waals surface area contributed by atoms with E-state index in [0.29, 0.717) is 0 Å². The number of halogens is 2. The first-order chi connectivity index (χ1) is 7.62. The molecule has 0 saturated carbocycles. The summed E-state index contributed by atoms with van der Waals surface area (Å²) < 4.78 is 26.1. The SMILES string of the molecule is C[C@]1(c2ccc(F)c(F)c2)C=CCCCC1. The average Bonchev–Trinajstić information content (AvgIpc) is 2.48. The molecule has 2 rings (SSSR count). The molecule has 0 radical (unpaired) electrons. The standard InChI is InChI=1S/C14H16F2/c1-14(8-4-2-3-5-9-14)11-6-7-12(15)13(16)10-11/h4,6-8,10H,2-3,5,9H2,1H3/t14-/m0/s1. The lowest BCUT2D eigenvalue weighted by atomic mass is 9.79. The zero-order valence-electron chi connectivity index (χ0n) is 9.47. The summed E-state index contributed by atoms with van der Waals surface area (Å²) in [5.41, 5.74) is 0.718. The van der Waals surface area contributed by atoms with Crippen LogP contribution in [-0.4, -0.2) is 0 Å². The number of allylic oxidation sites excluding steroid dienone is 2. The van der Waals surface area contributed by atoms with Crippen LogP contribution in [0.25, 0.3) is 0 Å². The van der Waals surface area contributed by atoms with Crippen LogP contribution in [0.4, 0.5) is 8.78 Å². The monoisotopic (exact) mass is 222 g/mol. The molecule has 2 heteroatoms. The molecule has 0 unspecified atom stereocenters. The number of hydrogen-bond acceptors (Lipinski definition) is 0. The van der Waals surface area contributed by atoms with Gasteiger partial charge in [-0.1, -0.05) is 31.6 Å². The van der Waals surface area contributed by atoms with Crippen molar-refractivity contribution in [2.75, 3.05) is 0 Å². The van der Waals surface area contributed by atoms with Crippen molar-refractivity contribution in [1.29, 1.82) is 0 Å². The van der Waals surface area contributed by atoms with Crippen molar-refractivity contribution < 1.29 is 8.78 Å². The number of hydrogen-bond donors (Lipinski definition) is 0. The van der Waals surface area contributed by atoms with Gasteiger partial charge in [0.25, 0.3) is 0 Å². The van der Waals surface area contributed by atoms with Crippen LogP contribution in [-0.2, 0) is 5.41 Å². The zero-order valence-corrected chi connectivity index (χ0v) is 9.47. The first-order valence-corrected chi connectivity index (χ1v) is 5.75. The van der Waals surface area contributed by atoms with Crippen molar-refractivity contribution in [2.24, 2.45) is 0 Å². The predicted molar refractivity (Wildman–Crippen MR) is 61.3 cm³/mol. The van der Waals surface area contributed by atoms with Crippen LogP contribution < -0.4 is 0 Å². The van der Waals surface area contributed by atoms with E-state index in [0.717, 1.165) is 24.8 Å². The lowest BCUT2D eigenvalue weighted by molar-refractivity contribution is 0.487. The van der Waals surface area contributed by atoms with Crippen LogP contribution in [0.3, 0.4) is 0 Å². The third-order valence-corrected chi connectivity index (χ3v) is 3.38. The van der Waals surface area contributed by atoms with Crippen molar-refractivity contribution in [3.63, 3.8) is 0 Å². The quantitative estimate of drug-likeness (QED) is 0.619. The van der Waals surface area contributed by atoms with Crippen molar-refractivity contribution in [3.8, 4) is 0 Å². The normalized spacial score (nSPS) is 25.4. The summed E-state index contributed by atoms with van der Waals surface area (Å²) in [5.74, 6) is -1.53. The van der Waals surface area contributed by atoms with Gasteiger partial charge in [0, 0.05) is 5.41 Å². The molecule has 0 fully saturated rings. The molecule has 86 valence electrons. The maximum atomic E-state index is 13.2. The van der Waals surface area contributed by atoms with Gasteiger partial charge in [-0.3, -0.25) is 0 Å². The third-order valence-electron chi connectivity index (χ3n) is 3.38. The Labute approximate surface area is 95.0 Å². The van der Waals surface area contributed by atoms with Crippen molar-refractivity contribution in [3.05, 3.63) is 47.5 Å². The minimum atomic E-state index is -0.773. The topological polar surface area (TPSA) is 0 Å². The van der Waals surface area contributed by atoms with Gasteiger partial charge >= 0.3 is 0 Å². The number of rotatable bonds is 1. The van der Waals surface area contributed by atoms with Crippen LogP contribution in [0.2, 0.25) is 0 Å². The van der Waals surface area contributed by atoms with Gasteiger partial charge in [-0.25, -0.2) is 8.78 Å². The van der Waals surface area contributed by atoms with Crippen LogP contribution in [0.5, 0.6) is 0 Å². The van der Waals surface area contributed by atoms with Crippen LogP contribution in [0, 0.1) is 11.6 Å². The summed E-state index contributed by atoms with van der Waals surface area (Å²) in [5, 5.41) is 0. The molecule has 0 aromatic heterocycles. The lowest BCUT2D eigenvalue weighted by Crippen LogP contribution is -2.18. The molecule has 0 aliphatic heterocycles. The summed E-state index contributed by atoms with van der Waals surface area (Å²) >= 11 is 0. The predicted octanol–water partition coefficient (Wildman–Crippen LogP) is 4.35. The van der Waals surface area contributed by atoms with E-state index >= 15 is 0 Å². The lowest BCUT2D eigenvalue weighted by Gasteiger charge is -2.25. The van der Waals surface area contributed by atoms with Crippen LogP contribution in [0.1, 0.15) is 38.2 Å². The second kappa shape index (κ2) is 4.36. The average molecular weight is 222 g/mol. The fourth-order valence-electron chi connectivity index (χ4n) is 2.27. The molecule has 0 spiro atoms. The zero-order chi connectivity index (χ0) is 11.6. The first-order valence-electron chi connectivity index (χ1n) is 5.75. The molecule has 0 saturated heterocycles. The molecule has 0 N–H and O–H groups in total. The molecular weight excluding hydrogens is 206 g/mol. The second-order valence-electron chi connectivity index (χ2n) is 4.69. The molecule has 16 heavy (non-hydrogen) atoms. The smallest absolute Gasteiger partial charge is 0.159 e. The fraction of sp³-hybridized carbons (Fsp3) is 0.429. The fourth-order valence-corrected chi connectivity index (χ4v) is 2.27. The van der Waals surface area contributed by atoms with Gasteiger partial charge < -0.3 is 0 Å². The Morgan fingerprint density at radius 3 is 2.69 bits per heavy atom. The summed E-state index contributed by atoms with van der Waals surface area (Å²) in [7, 11) is 0. The minimum Gasteiger partial charge on any atom is -0.204 e. The highest BCUT2D eigenvalue weighted by Crippen LogP contribution is 2.34. The van der Waals surface area contributed by atoms with E-state index in [-0.39, 0.29) is 5.41 Å². The van der Waals surface area contributed by atoms with E-state index < -0.39 is 11.6 Å². The molecule has 0 heterocycles. The second-order valence-corrected chi connectivity index (χ2v) is 4.69. The Hall–Kier alpha value is -1.18. The molecule has 0 amide bonds. The highest BCUT2D eigenvalue weighted by Gasteiger charge is 2.25. The van der Waals surface area contributed by atoms with Gasteiger partial charge in [-0.15, -0.1) is 0 Å². The van der Waals surface area contributed by atoms with Crippen molar-refractivity contribution in [1.82, 2.24) is 0 Å². The maximum absolute atomic E-state index is 13.2. The Morgan fingerprint density at radius 1 is 1.12 bits per heavy atom. The van der Waals surface area contributed by atoms with Gasteiger partial charge in [0.1, 0.15) is 0 Å². The molecule has 1 aromatic carbocycles. The van der Waals surface area contributed by atoms with E-state index in [2.05, 4.69) is 19.1 Å². The van der Waals surface area contributed by atoms with Gasteiger partial charge in [-0.05, 0) is 37.0 Å². The molecule has 1 aromatic rings. The first kappa shape index (κ1) is 11.3. The molecule has 1 atom stereocenters. The Bertz CT molecular complexity index is 409. The van der Waals surface area contributed by atoms with E-state index in [1.807, 2.05) is 0 Å². The molecular formula is C14H16F2. The Balaban J connectivity index is 2.37. The summed E-state index contributed by atoms with van der Waals surface area (Å²) in [4.78, 5) is 0. The summed E-state index contributed by atoms with van der Waals surface area (Å²) in [6.45, 7) is 2.08. The van der Waals surface area contributed by atoms with Gasteiger partial charge in [-0.2, -0.15) is 0 Å².